The van der Waals surface area contributed by atoms with Crippen LogP contribution in [0.2, 0.25) is 0 Å². The minimum atomic E-state index is -0.842. The summed E-state index contributed by atoms with van der Waals surface area (Å²) in [4.78, 5) is 22.1. The predicted octanol–water partition coefficient (Wildman–Crippen LogP) is -1.24. The van der Waals surface area contributed by atoms with E-state index in [-0.39, 0.29) is 19.7 Å². The standard InChI is InChI=1S/C9H15N3O3/c1-9(2,6-13)5-12-8(15)7(14)11-4-3-10/h13H,4-6H2,1-2H3,(H,11,14)(H,12,15). The number of nitrogens with one attached hydrogen (secondary N) is 2. The van der Waals surface area contributed by atoms with Gasteiger partial charge < -0.3 is 15.7 Å². The molecule has 0 spiro atoms. The Morgan fingerprint density at radius 2 is 1.87 bits per heavy atom. The summed E-state index contributed by atoms with van der Waals surface area (Å²) in [5.74, 6) is -1.64. The van der Waals surface area contributed by atoms with Gasteiger partial charge in [0.15, 0.2) is 0 Å². The van der Waals surface area contributed by atoms with Gasteiger partial charge in [-0.3, -0.25) is 9.59 Å². The third kappa shape index (κ3) is 5.65. The van der Waals surface area contributed by atoms with Gasteiger partial charge in [0.05, 0.1) is 6.07 Å². The molecule has 0 saturated carbocycles. The van der Waals surface area contributed by atoms with E-state index in [9.17, 15) is 9.59 Å². The van der Waals surface area contributed by atoms with Crippen molar-refractivity contribution in [3.63, 3.8) is 0 Å². The molecule has 0 aromatic carbocycles. The van der Waals surface area contributed by atoms with Crippen molar-refractivity contribution in [2.75, 3.05) is 19.7 Å². The second kappa shape index (κ2) is 5.98. The molecule has 0 aliphatic rings. The lowest BCUT2D eigenvalue weighted by molar-refractivity contribution is -0.139. The highest BCUT2D eigenvalue weighted by molar-refractivity contribution is 6.35. The van der Waals surface area contributed by atoms with Crippen LogP contribution in [0.4, 0.5) is 0 Å². The Morgan fingerprint density at radius 3 is 2.33 bits per heavy atom. The van der Waals surface area contributed by atoms with Crippen LogP contribution in [-0.4, -0.2) is 36.6 Å². The molecular weight excluding hydrogens is 198 g/mol. The van der Waals surface area contributed by atoms with Gasteiger partial charge in [-0.1, -0.05) is 13.8 Å². The molecule has 0 aromatic rings. The first-order chi connectivity index (χ1) is 6.93. The van der Waals surface area contributed by atoms with E-state index >= 15 is 0 Å². The second-order valence-electron chi connectivity index (χ2n) is 3.85. The van der Waals surface area contributed by atoms with E-state index in [1.807, 2.05) is 0 Å². The summed E-state index contributed by atoms with van der Waals surface area (Å²) in [5.41, 5.74) is -0.467. The van der Waals surface area contributed by atoms with Crippen LogP contribution in [-0.2, 0) is 9.59 Å². The van der Waals surface area contributed by atoms with Crippen molar-refractivity contribution in [1.29, 1.82) is 5.26 Å². The molecule has 3 N–H and O–H groups in total. The van der Waals surface area contributed by atoms with Crippen molar-refractivity contribution in [2.45, 2.75) is 13.8 Å². The molecule has 0 heterocycles. The molecule has 0 aliphatic heterocycles. The Balaban J connectivity index is 3.95. The van der Waals surface area contributed by atoms with Crippen LogP contribution < -0.4 is 10.6 Å². The van der Waals surface area contributed by atoms with E-state index in [4.69, 9.17) is 10.4 Å². The molecule has 6 nitrogen and oxygen atoms in total. The average molecular weight is 213 g/mol. The number of rotatable bonds is 4. The van der Waals surface area contributed by atoms with Crippen molar-refractivity contribution in [1.82, 2.24) is 10.6 Å². The zero-order valence-electron chi connectivity index (χ0n) is 8.83. The van der Waals surface area contributed by atoms with E-state index in [0.717, 1.165) is 0 Å². The van der Waals surface area contributed by atoms with E-state index in [0.29, 0.717) is 0 Å². The molecule has 0 bridgehead atoms. The number of amides is 2. The third-order valence-electron chi connectivity index (χ3n) is 1.69. The van der Waals surface area contributed by atoms with Crippen LogP contribution >= 0.6 is 0 Å². The Bertz CT molecular complexity index is 281. The smallest absolute Gasteiger partial charge is 0.310 e. The normalized spacial score (nSPS) is 10.3. The summed E-state index contributed by atoms with van der Waals surface area (Å²) in [5, 5.41) is 21.5. The summed E-state index contributed by atoms with van der Waals surface area (Å²) < 4.78 is 0. The number of carbonyl (C=O) groups is 2. The van der Waals surface area contributed by atoms with E-state index in [1.54, 1.807) is 19.9 Å². The number of carbonyl (C=O) groups excluding carboxylic acids is 2. The molecule has 0 rings (SSSR count). The molecule has 0 aliphatic carbocycles. The molecule has 0 aromatic heterocycles. The van der Waals surface area contributed by atoms with Gasteiger partial charge in [0, 0.05) is 18.6 Å². The van der Waals surface area contributed by atoms with Crippen molar-refractivity contribution in [2.24, 2.45) is 5.41 Å². The summed E-state index contributed by atoms with van der Waals surface area (Å²) in [6, 6.07) is 1.69. The lowest BCUT2D eigenvalue weighted by atomic mass is 9.95. The maximum atomic E-state index is 11.1. The van der Waals surface area contributed by atoms with Gasteiger partial charge >= 0.3 is 11.8 Å². The van der Waals surface area contributed by atoms with Crippen LogP contribution in [0.5, 0.6) is 0 Å². The van der Waals surface area contributed by atoms with Crippen LogP contribution in [0.25, 0.3) is 0 Å². The molecule has 0 radical (unpaired) electrons. The SMILES string of the molecule is CC(C)(CO)CNC(=O)C(=O)NCC#N. The Hall–Kier alpha value is -1.61. The molecule has 15 heavy (non-hydrogen) atoms. The van der Waals surface area contributed by atoms with Crippen molar-refractivity contribution >= 4 is 11.8 Å². The lowest BCUT2D eigenvalue weighted by Gasteiger charge is -2.21. The Labute approximate surface area is 88.3 Å². The minimum Gasteiger partial charge on any atom is -0.396 e. The fourth-order valence-electron chi connectivity index (χ4n) is 0.656. The number of nitriles is 1. The molecule has 0 atom stereocenters. The highest BCUT2D eigenvalue weighted by atomic mass is 16.3. The van der Waals surface area contributed by atoms with Crippen molar-refractivity contribution in [3.8, 4) is 6.07 Å². The van der Waals surface area contributed by atoms with E-state index in [2.05, 4.69) is 10.6 Å². The summed E-state index contributed by atoms with van der Waals surface area (Å²) in [6.45, 7) is 3.41. The molecular formula is C9H15N3O3. The topological polar surface area (TPSA) is 102 Å². The van der Waals surface area contributed by atoms with Gasteiger partial charge in [-0.05, 0) is 0 Å². The Kier molecular flexibility index (Phi) is 5.34. The molecule has 0 saturated heterocycles. The summed E-state index contributed by atoms with van der Waals surface area (Å²) in [6.07, 6.45) is 0. The minimum absolute atomic E-state index is 0.0902. The first-order valence-electron chi connectivity index (χ1n) is 4.47. The highest BCUT2D eigenvalue weighted by Gasteiger charge is 2.20. The molecule has 0 unspecified atom stereocenters. The van der Waals surface area contributed by atoms with Gasteiger partial charge in [0.2, 0.25) is 0 Å². The number of hydrogen-bond donors (Lipinski definition) is 3. The number of aliphatic hydroxyl groups is 1. The fraction of sp³-hybridized carbons (Fsp3) is 0.667. The predicted molar refractivity (Wildman–Crippen MR) is 52.5 cm³/mol. The molecule has 6 heteroatoms. The maximum absolute atomic E-state index is 11.1. The Morgan fingerprint density at radius 1 is 1.33 bits per heavy atom. The number of hydrogen-bond acceptors (Lipinski definition) is 4. The summed E-state index contributed by atoms with van der Waals surface area (Å²) >= 11 is 0. The van der Waals surface area contributed by atoms with E-state index in [1.165, 1.54) is 0 Å². The average Bonchev–Trinajstić information content (AvgIpc) is 2.22. The zero-order valence-corrected chi connectivity index (χ0v) is 8.83. The zero-order chi connectivity index (χ0) is 11.9. The molecule has 0 fully saturated rings. The quantitative estimate of drug-likeness (QED) is 0.401. The molecule has 84 valence electrons. The van der Waals surface area contributed by atoms with Crippen molar-refractivity contribution in [3.05, 3.63) is 0 Å². The van der Waals surface area contributed by atoms with Crippen LogP contribution in [0.15, 0.2) is 0 Å². The largest absolute Gasteiger partial charge is 0.396 e. The molecule has 2 amide bonds. The maximum Gasteiger partial charge on any atom is 0.310 e. The van der Waals surface area contributed by atoms with Crippen LogP contribution in [0, 0.1) is 16.7 Å². The lowest BCUT2D eigenvalue weighted by Crippen LogP contribution is -2.44. The highest BCUT2D eigenvalue weighted by Crippen LogP contribution is 2.10. The van der Waals surface area contributed by atoms with Gasteiger partial charge in [-0.25, -0.2) is 0 Å². The van der Waals surface area contributed by atoms with Crippen molar-refractivity contribution < 1.29 is 14.7 Å². The monoisotopic (exact) mass is 213 g/mol. The van der Waals surface area contributed by atoms with Gasteiger partial charge in [-0.15, -0.1) is 0 Å². The summed E-state index contributed by atoms with van der Waals surface area (Å²) in [7, 11) is 0. The van der Waals surface area contributed by atoms with Gasteiger partial charge in [0.25, 0.3) is 0 Å². The third-order valence-corrected chi connectivity index (χ3v) is 1.69. The van der Waals surface area contributed by atoms with Crippen LogP contribution in [0.3, 0.4) is 0 Å². The van der Waals surface area contributed by atoms with Crippen LogP contribution in [0.1, 0.15) is 13.8 Å². The second-order valence-corrected chi connectivity index (χ2v) is 3.85. The fourth-order valence-corrected chi connectivity index (χ4v) is 0.656. The van der Waals surface area contributed by atoms with Gasteiger partial charge in [-0.2, -0.15) is 5.26 Å². The van der Waals surface area contributed by atoms with Gasteiger partial charge in [0.1, 0.15) is 6.54 Å². The number of aliphatic hydroxyl groups excluding tert-OH is 1. The first kappa shape index (κ1) is 13.4. The van der Waals surface area contributed by atoms with E-state index < -0.39 is 17.2 Å². The first-order valence-corrected chi connectivity index (χ1v) is 4.47. The number of nitrogens with zero attached hydrogens (tertiary/aromatic N) is 1.